The summed E-state index contributed by atoms with van der Waals surface area (Å²) in [6.07, 6.45) is 0.187. The highest BCUT2D eigenvalue weighted by Crippen LogP contribution is 2.26. The summed E-state index contributed by atoms with van der Waals surface area (Å²) in [7, 11) is 0. The zero-order valence-electron chi connectivity index (χ0n) is 13.9. The molecule has 25 heavy (non-hydrogen) atoms. The van der Waals surface area contributed by atoms with E-state index in [1.165, 1.54) is 6.92 Å². The molecule has 6 nitrogen and oxygen atoms in total. The van der Waals surface area contributed by atoms with E-state index >= 15 is 0 Å². The van der Waals surface area contributed by atoms with E-state index < -0.39 is 5.92 Å². The van der Waals surface area contributed by atoms with E-state index in [0.717, 1.165) is 5.69 Å². The standard InChI is InChI=1S/C19H19N3O3/c1-13(23)20-15-6-5-7-16(11-15)21-19(25)14-10-18(24)22(12-14)17-8-3-2-4-9-17/h2-9,11,14H,10,12H2,1H3,(H,20,23)(H,21,25)/t14-/m1/s1. The Labute approximate surface area is 145 Å². The number of nitrogens with zero attached hydrogens (tertiary/aromatic N) is 1. The second-order valence-electron chi connectivity index (χ2n) is 5.99. The monoisotopic (exact) mass is 337 g/mol. The summed E-state index contributed by atoms with van der Waals surface area (Å²) in [6.45, 7) is 1.79. The summed E-state index contributed by atoms with van der Waals surface area (Å²) in [4.78, 5) is 37.5. The number of rotatable bonds is 4. The van der Waals surface area contributed by atoms with Gasteiger partial charge in [-0.15, -0.1) is 0 Å². The van der Waals surface area contributed by atoms with Gasteiger partial charge in [0.2, 0.25) is 17.7 Å². The van der Waals surface area contributed by atoms with Crippen LogP contribution in [0.2, 0.25) is 0 Å². The van der Waals surface area contributed by atoms with Gasteiger partial charge in [-0.05, 0) is 30.3 Å². The maximum absolute atomic E-state index is 12.5. The topological polar surface area (TPSA) is 78.5 Å². The Kier molecular flexibility index (Phi) is 4.79. The summed E-state index contributed by atoms with van der Waals surface area (Å²) in [5, 5.41) is 5.49. The normalized spacial score (nSPS) is 16.6. The van der Waals surface area contributed by atoms with Gasteiger partial charge in [-0.2, -0.15) is 0 Å². The number of benzene rings is 2. The van der Waals surface area contributed by atoms with Crippen molar-refractivity contribution in [2.45, 2.75) is 13.3 Å². The number of hydrogen-bond donors (Lipinski definition) is 2. The fourth-order valence-corrected chi connectivity index (χ4v) is 2.86. The molecule has 1 aliphatic heterocycles. The Hall–Kier alpha value is -3.15. The van der Waals surface area contributed by atoms with Gasteiger partial charge in [0.25, 0.3) is 0 Å². The third kappa shape index (κ3) is 4.03. The molecule has 1 atom stereocenters. The molecule has 1 fully saturated rings. The van der Waals surface area contributed by atoms with Crippen LogP contribution in [0.3, 0.4) is 0 Å². The number of carbonyl (C=O) groups is 3. The smallest absolute Gasteiger partial charge is 0.229 e. The quantitative estimate of drug-likeness (QED) is 0.900. The highest BCUT2D eigenvalue weighted by molar-refractivity contribution is 6.03. The van der Waals surface area contributed by atoms with Crippen molar-refractivity contribution in [2.24, 2.45) is 5.92 Å². The molecule has 3 amide bonds. The fourth-order valence-electron chi connectivity index (χ4n) is 2.86. The van der Waals surface area contributed by atoms with E-state index in [4.69, 9.17) is 0 Å². The van der Waals surface area contributed by atoms with Gasteiger partial charge in [0.05, 0.1) is 5.92 Å². The van der Waals surface area contributed by atoms with Gasteiger partial charge >= 0.3 is 0 Å². The first kappa shape index (κ1) is 16.7. The van der Waals surface area contributed by atoms with Crippen molar-refractivity contribution in [3.8, 4) is 0 Å². The molecule has 128 valence electrons. The SMILES string of the molecule is CC(=O)Nc1cccc(NC(=O)[C@@H]2CC(=O)N(c3ccccc3)C2)c1. The minimum Gasteiger partial charge on any atom is -0.326 e. The summed E-state index contributed by atoms with van der Waals surface area (Å²) in [5.74, 6) is -0.842. The molecule has 2 N–H and O–H groups in total. The number of hydrogen-bond acceptors (Lipinski definition) is 3. The lowest BCUT2D eigenvalue weighted by Crippen LogP contribution is -2.28. The van der Waals surface area contributed by atoms with Crippen molar-refractivity contribution in [3.05, 3.63) is 54.6 Å². The van der Waals surface area contributed by atoms with Crippen LogP contribution in [0, 0.1) is 5.92 Å². The second kappa shape index (κ2) is 7.17. The molecule has 2 aromatic rings. The molecule has 1 saturated heterocycles. The third-order valence-corrected chi connectivity index (χ3v) is 4.01. The summed E-state index contributed by atoms with van der Waals surface area (Å²) >= 11 is 0. The van der Waals surface area contributed by atoms with E-state index in [1.54, 1.807) is 29.2 Å². The molecule has 1 heterocycles. The molecular weight excluding hydrogens is 318 g/mol. The molecule has 0 radical (unpaired) electrons. The number of anilines is 3. The zero-order valence-corrected chi connectivity index (χ0v) is 13.9. The van der Waals surface area contributed by atoms with Crippen LogP contribution in [0.25, 0.3) is 0 Å². The Balaban J connectivity index is 1.66. The molecule has 0 bridgehead atoms. The first-order valence-corrected chi connectivity index (χ1v) is 8.07. The first-order chi connectivity index (χ1) is 12.0. The summed E-state index contributed by atoms with van der Waals surface area (Å²) in [6, 6.07) is 16.2. The van der Waals surface area contributed by atoms with Gasteiger partial charge in [0.15, 0.2) is 0 Å². The highest BCUT2D eigenvalue weighted by Gasteiger charge is 2.35. The van der Waals surface area contributed by atoms with Crippen LogP contribution < -0.4 is 15.5 Å². The Bertz CT molecular complexity index is 805. The minimum absolute atomic E-state index is 0.0571. The Morgan fingerprint density at radius 3 is 2.36 bits per heavy atom. The van der Waals surface area contributed by atoms with Gasteiger partial charge in [-0.3, -0.25) is 14.4 Å². The van der Waals surface area contributed by atoms with Crippen molar-refractivity contribution in [2.75, 3.05) is 22.1 Å². The average molecular weight is 337 g/mol. The molecule has 6 heteroatoms. The maximum atomic E-state index is 12.5. The van der Waals surface area contributed by atoms with Crippen LogP contribution in [0.15, 0.2) is 54.6 Å². The minimum atomic E-state index is -0.405. The Morgan fingerprint density at radius 1 is 1.00 bits per heavy atom. The van der Waals surface area contributed by atoms with Crippen LogP contribution in [-0.4, -0.2) is 24.3 Å². The molecule has 0 unspecified atom stereocenters. The molecule has 3 rings (SSSR count). The Morgan fingerprint density at radius 2 is 1.68 bits per heavy atom. The van der Waals surface area contributed by atoms with Gasteiger partial charge in [-0.1, -0.05) is 24.3 Å². The molecule has 0 saturated carbocycles. The zero-order chi connectivity index (χ0) is 17.8. The van der Waals surface area contributed by atoms with Crippen LogP contribution in [0.4, 0.5) is 17.1 Å². The highest BCUT2D eigenvalue weighted by atomic mass is 16.2. The molecule has 0 aromatic heterocycles. The lowest BCUT2D eigenvalue weighted by Gasteiger charge is -2.16. The predicted octanol–water partition coefficient (Wildman–Crippen LogP) is 2.64. The second-order valence-corrected chi connectivity index (χ2v) is 5.99. The van der Waals surface area contributed by atoms with Gasteiger partial charge in [0.1, 0.15) is 0 Å². The van der Waals surface area contributed by atoms with E-state index in [2.05, 4.69) is 10.6 Å². The molecule has 1 aliphatic rings. The van der Waals surface area contributed by atoms with Crippen molar-refractivity contribution in [3.63, 3.8) is 0 Å². The average Bonchev–Trinajstić information content (AvgIpc) is 2.97. The first-order valence-electron chi connectivity index (χ1n) is 8.07. The predicted molar refractivity (Wildman–Crippen MR) is 96.3 cm³/mol. The number of carbonyl (C=O) groups excluding carboxylic acids is 3. The van der Waals surface area contributed by atoms with Gasteiger partial charge < -0.3 is 15.5 Å². The number of nitrogens with one attached hydrogen (secondary N) is 2. The van der Waals surface area contributed by atoms with Gasteiger partial charge in [-0.25, -0.2) is 0 Å². The van der Waals surface area contributed by atoms with Gasteiger partial charge in [0, 0.05) is 37.0 Å². The maximum Gasteiger partial charge on any atom is 0.229 e. The van der Waals surface area contributed by atoms with Crippen LogP contribution in [0.1, 0.15) is 13.3 Å². The lowest BCUT2D eigenvalue weighted by atomic mass is 10.1. The van der Waals surface area contributed by atoms with E-state index in [9.17, 15) is 14.4 Å². The van der Waals surface area contributed by atoms with Crippen LogP contribution in [0.5, 0.6) is 0 Å². The molecule has 0 aliphatic carbocycles. The van der Waals surface area contributed by atoms with E-state index in [0.29, 0.717) is 17.9 Å². The van der Waals surface area contributed by atoms with E-state index in [1.807, 2.05) is 30.3 Å². The number of para-hydroxylation sites is 1. The largest absolute Gasteiger partial charge is 0.326 e. The third-order valence-electron chi connectivity index (χ3n) is 4.01. The van der Waals surface area contributed by atoms with Crippen molar-refractivity contribution in [1.29, 1.82) is 0 Å². The molecular formula is C19H19N3O3. The summed E-state index contributed by atoms with van der Waals surface area (Å²) in [5.41, 5.74) is 2.00. The molecule has 2 aromatic carbocycles. The summed E-state index contributed by atoms with van der Waals surface area (Å²) < 4.78 is 0. The van der Waals surface area contributed by atoms with Crippen molar-refractivity contribution < 1.29 is 14.4 Å². The van der Waals surface area contributed by atoms with Crippen molar-refractivity contribution >= 4 is 34.8 Å². The van der Waals surface area contributed by atoms with Crippen LogP contribution in [-0.2, 0) is 14.4 Å². The van der Waals surface area contributed by atoms with Crippen LogP contribution >= 0.6 is 0 Å². The fraction of sp³-hybridized carbons (Fsp3) is 0.211. The number of amides is 3. The lowest BCUT2D eigenvalue weighted by molar-refractivity contribution is -0.122. The molecule has 0 spiro atoms. The van der Waals surface area contributed by atoms with E-state index in [-0.39, 0.29) is 24.1 Å². The van der Waals surface area contributed by atoms with Crippen molar-refractivity contribution in [1.82, 2.24) is 0 Å².